The third-order valence-electron chi connectivity index (χ3n) is 2.74. The number of nitrogens with zero attached hydrogens (tertiary/aromatic N) is 1. The molecule has 0 aliphatic heterocycles. The van der Waals surface area contributed by atoms with Crippen molar-refractivity contribution in [1.29, 1.82) is 0 Å². The zero-order chi connectivity index (χ0) is 14.9. The summed E-state index contributed by atoms with van der Waals surface area (Å²) < 4.78 is 57.8. The van der Waals surface area contributed by atoms with Crippen molar-refractivity contribution in [2.24, 2.45) is 0 Å². The van der Waals surface area contributed by atoms with Crippen LogP contribution in [0.25, 0.3) is 0 Å². The molecule has 0 fully saturated rings. The van der Waals surface area contributed by atoms with E-state index < -0.39 is 32.6 Å². The Bertz CT molecular complexity index is 715. The van der Waals surface area contributed by atoms with Crippen molar-refractivity contribution in [3.8, 4) is 0 Å². The molecule has 1 unspecified atom stereocenters. The number of nitrogens with one attached hydrogen (secondary N) is 1. The first-order valence-electron chi connectivity index (χ1n) is 5.69. The van der Waals surface area contributed by atoms with Gasteiger partial charge >= 0.3 is 0 Å². The highest BCUT2D eigenvalue weighted by Crippen LogP contribution is 2.21. The van der Waals surface area contributed by atoms with E-state index in [1.54, 1.807) is 0 Å². The molecule has 0 amide bonds. The number of hydrogen-bond acceptors (Lipinski definition) is 4. The maximum Gasteiger partial charge on any atom is 0.244 e. The van der Waals surface area contributed by atoms with Crippen LogP contribution in [0.3, 0.4) is 0 Å². The first-order chi connectivity index (χ1) is 9.31. The van der Waals surface area contributed by atoms with E-state index in [0.29, 0.717) is 11.8 Å². The smallest absolute Gasteiger partial charge is 0.244 e. The van der Waals surface area contributed by atoms with Crippen molar-refractivity contribution in [1.82, 2.24) is 9.88 Å². The SMILES string of the molecule is Cc1cc(S(=O)(=O)NC(C)c2ccon2)c(F)cc1F. The Labute approximate surface area is 114 Å². The molecule has 0 aliphatic rings. The summed E-state index contributed by atoms with van der Waals surface area (Å²) in [5.41, 5.74) is 0.397. The lowest BCUT2D eigenvalue weighted by Crippen LogP contribution is -2.28. The standard InChI is InChI=1S/C12H12F2N2O3S/c1-7-5-12(10(14)6-9(7)13)20(17,18)16-8(2)11-3-4-19-15-11/h3-6,8,16H,1-2H3. The number of rotatable bonds is 4. The van der Waals surface area contributed by atoms with E-state index in [-0.39, 0.29) is 5.56 Å². The molecule has 0 bridgehead atoms. The number of aryl methyl sites for hydroxylation is 1. The maximum atomic E-state index is 13.6. The highest BCUT2D eigenvalue weighted by molar-refractivity contribution is 7.89. The Morgan fingerprint density at radius 1 is 1.30 bits per heavy atom. The van der Waals surface area contributed by atoms with Gasteiger partial charge in [-0.05, 0) is 25.5 Å². The third kappa shape index (κ3) is 2.86. The van der Waals surface area contributed by atoms with Crippen LogP contribution < -0.4 is 4.72 Å². The van der Waals surface area contributed by atoms with Gasteiger partial charge in [0.25, 0.3) is 0 Å². The second-order valence-corrected chi connectivity index (χ2v) is 5.98. The summed E-state index contributed by atoms with van der Waals surface area (Å²) in [4.78, 5) is -0.605. The molecule has 108 valence electrons. The fourth-order valence-electron chi connectivity index (χ4n) is 1.64. The lowest BCUT2D eigenvalue weighted by Gasteiger charge is -2.13. The minimum Gasteiger partial charge on any atom is -0.364 e. The third-order valence-corrected chi connectivity index (χ3v) is 4.29. The van der Waals surface area contributed by atoms with Crippen LogP contribution in [0.1, 0.15) is 24.2 Å². The van der Waals surface area contributed by atoms with Crippen molar-refractivity contribution >= 4 is 10.0 Å². The van der Waals surface area contributed by atoms with Crippen LogP contribution in [-0.4, -0.2) is 13.6 Å². The summed E-state index contributed by atoms with van der Waals surface area (Å²) in [7, 11) is -4.13. The Kier molecular flexibility index (Phi) is 3.87. The summed E-state index contributed by atoms with van der Waals surface area (Å²) in [6.07, 6.45) is 1.29. The topological polar surface area (TPSA) is 72.2 Å². The van der Waals surface area contributed by atoms with E-state index in [0.717, 1.165) is 6.07 Å². The van der Waals surface area contributed by atoms with E-state index in [1.165, 1.54) is 26.2 Å². The molecule has 1 aromatic carbocycles. The van der Waals surface area contributed by atoms with E-state index in [4.69, 9.17) is 0 Å². The van der Waals surface area contributed by atoms with Gasteiger partial charge in [-0.2, -0.15) is 0 Å². The van der Waals surface area contributed by atoms with Gasteiger partial charge in [-0.25, -0.2) is 21.9 Å². The maximum absolute atomic E-state index is 13.6. The van der Waals surface area contributed by atoms with Crippen LogP contribution in [0.15, 0.2) is 33.9 Å². The van der Waals surface area contributed by atoms with Gasteiger partial charge in [-0.1, -0.05) is 5.16 Å². The van der Waals surface area contributed by atoms with Crippen molar-refractivity contribution in [3.05, 3.63) is 47.4 Å². The largest absolute Gasteiger partial charge is 0.364 e. The van der Waals surface area contributed by atoms with E-state index in [2.05, 4.69) is 14.4 Å². The average molecular weight is 302 g/mol. The molecular weight excluding hydrogens is 290 g/mol. The van der Waals surface area contributed by atoms with Crippen LogP contribution in [0.4, 0.5) is 8.78 Å². The molecule has 2 rings (SSSR count). The summed E-state index contributed by atoms with van der Waals surface area (Å²) in [6.45, 7) is 2.89. The van der Waals surface area contributed by atoms with E-state index in [1.807, 2.05) is 0 Å². The van der Waals surface area contributed by atoms with Gasteiger partial charge in [0.05, 0.1) is 6.04 Å². The first kappa shape index (κ1) is 14.6. The molecule has 1 heterocycles. The van der Waals surface area contributed by atoms with Crippen LogP contribution in [0.2, 0.25) is 0 Å². The predicted octanol–water partition coefficient (Wildman–Crippen LogP) is 2.30. The molecular formula is C12H12F2N2O3S. The number of sulfonamides is 1. The molecule has 0 aliphatic carbocycles. The Morgan fingerprint density at radius 3 is 2.60 bits per heavy atom. The first-order valence-corrected chi connectivity index (χ1v) is 7.18. The fourth-order valence-corrected chi connectivity index (χ4v) is 3.00. The van der Waals surface area contributed by atoms with Gasteiger partial charge in [-0.3, -0.25) is 0 Å². The van der Waals surface area contributed by atoms with Crippen LogP contribution in [0.5, 0.6) is 0 Å². The number of hydrogen-bond donors (Lipinski definition) is 1. The van der Waals surface area contributed by atoms with Gasteiger partial charge in [0.2, 0.25) is 10.0 Å². The van der Waals surface area contributed by atoms with Crippen molar-refractivity contribution in [2.75, 3.05) is 0 Å². The molecule has 0 spiro atoms. The van der Waals surface area contributed by atoms with Gasteiger partial charge < -0.3 is 4.52 Å². The molecule has 2 aromatic rings. The number of aromatic nitrogens is 1. The van der Waals surface area contributed by atoms with Crippen molar-refractivity contribution in [3.63, 3.8) is 0 Å². The zero-order valence-corrected chi connectivity index (χ0v) is 11.5. The summed E-state index contributed by atoms with van der Waals surface area (Å²) in [6, 6.07) is 2.27. The Hall–Kier alpha value is -1.80. The number of benzene rings is 1. The van der Waals surface area contributed by atoms with Crippen LogP contribution in [0, 0.1) is 18.6 Å². The Morgan fingerprint density at radius 2 is 2.00 bits per heavy atom. The van der Waals surface area contributed by atoms with Crippen molar-refractivity contribution in [2.45, 2.75) is 24.8 Å². The molecule has 0 saturated heterocycles. The molecule has 1 atom stereocenters. The fraction of sp³-hybridized carbons (Fsp3) is 0.250. The lowest BCUT2D eigenvalue weighted by atomic mass is 10.2. The van der Waals surface area contributed by atoms with Gasteiger partial charge in [-0.15, -0.1) is 0 Å². The molecule has 5 nitrogen and oxygen atoms in total. The zero-order valence-electron chi connectivity index (χ0n) is 10.7. The minimum absolute atomic E-state index is 0.0425. The average Bonchev–Trinajstić information content (AvgIpc) is 2.86. The summed E-state index contributed by atoms with van der Waals surface area (Å²) in [5.74, 6) is -1.95. The van der Waals surface area contributed by atoms with E-state index >= 15 is 0 Å². The molecule has 0 radical (unpaired) electrons. The predicted molar refractivity (Wildman–Crippen MR) is 66.3 cm³/mol. The summed E-state index contributed by atoms with van der Waals surface area (Å²) >= 11 is 0. The molecule has 20 heavy (non-hydrogen) atoms. The monoisotopic (exact) mass is 302 g/mol. The number of halogens is 2. The van der Waals surface area contributed by atoms with Crippen molar-refractivity contribution < 1.29 is 21.7 Å². The van der Waals surface area contributed by atoms with E-state index in [9.17, 15) is 17.2 Å². The molecule has 1 aromatic heterocycles. The van der Waals surface area contributed by atoms with Gasteiger partial charge in [0.1, 0.15) is 28.5 Å². The van der Waals surface area contributed by atoms with Gasteiger partial charge in [0, 0.05) is 12.1 Å². The van der Waals surface area contributed by atoms with Crippen LogP contribution >= 0.6 is 0 Å². The highest BCUT2D eigenvalue weighted by atomic mass is 32.2. The normalized spacial score (nSPS) is 13.4. The summed E-state index contributed by atoms with van der Waals surface area (Å²) in [5, 5.41) is 3.59. The second-order valence-electron chi connectivity index (χ2n) is 4.30. The second kappa shape index (κ2) is 5.29. The van der Waals surface area contributed by atoms with Gasteiger partial charge in [0.15, 0.2) is 0 Å². The molecule has 8 heteroatoms. The Balaban J connectivity index is 2.34. The molecule has 1 N–H and O–H groups in total. The quantitative estimate of drug-likeness (QED) is 0.940. The lowest BCUT2D eigenvalue weighted by molar-refractivity contribution is 0.404. The highest BCUT2D eigenvalue weighted by Gasteiger charge is 2.24. The minimum atomic E-state index is -4.13. The van der Waals surface area contributed by atoms with Crippen LogP contribution in [-0.2, 0) is 10.0 Å². The molecule has 0 saturated carbocycles.